The molecular weight excluding hydrogens is 330 g/mol. The Bertz CT molecular complexity index is 1050. The van der Waals surface area contributed by atoms with E-state index in [1.54, 1.807) is 6.20 Å². The molecule has 0 radical (unpaired) electrons. The van der Waals surface area contributed by atoms with Crippen LogP contribution in [0.5, 0.6) is 0 Å². The molecule has 0 atom stereocenters. The third kappa shape index (κ3) is 2.52. The third-order valence-corrected chi connectivity index (χ3v) is 4.84. The molecule has 0 amide bonds. The normalized spacial score (nSPS) is 18.2. The largest absolute Gasteiger partial charge is 0.450 e. The second kappa shape index (κ2) is 6.10. The quantitative estimate of drug-likeness (QED) is 0.765. The number of rotatable bonds is 2. The number of hydrogen-bond donors (Lipinski definition) is 1. The van der Waals surface area contributed by atoms with Crippen LogP contribution in [-0.2, 0) is 4.74 Å². The van der Waals surface area contributed by atoms with Crippen LogP contribution in [0.1, 0.15) is 18.7 Å². The molecule has 0 bridgehead atoms. The Morgan fingerprint density at radius 2 is 1.88 bits per heavy atom. The zero-order valence-electron chi connectivity index (χ0n) is 14.3. The van der Waals surface area contributed by atoms with Crippen LogP contribution < -0.4 is 10.6 Å². The van der Waals surface area contributed by atoms with Crippen LogP contribution in [0, 0.1) is 0 Å². The molecule has 1 aromatic carbocycles. The zero-order chi connectivity index (χ0) is 17.5. The molecule has 0 saturated carbocycles. The lowest BCUT2D eigenvalue weighted by molar-refractivity contribution is 0.122. The number of fused-ring (bicyclic) bond motifs is 3. The number of amidine groups is 1. The fourth-order valence-electron chi connectivity index (χ4n) is 3.43. The van der Waals surface area contributed by atoms with E-state index in [0.29, 0.717) is 24.9 Å². The molecule has 26 heavy (non-hydrogen) atoms. The fourth-order valence-corrected chi connectivity index (χ4v) is 3.43. The molecular formula is C19H19N5O2. The molecule has 4 heterocycles. The maximum atomic E-state index is 6.12. The lowest BCUT2D eigenvalue weighted by atomic mass is 10.1. The van der Waals surface area contributed by atoms with Crippen molar-refractivity contribution in [3.8, 4) is 0 Å². The number of aromatic nitrogens is 2. The Kier molecular flexibility index (Phi) is 3.60. The Morgan fingerprint density at radius 1 is 1.04 bits per heavy atom. The first kappa shape index (κ1) is 15.3. The molecule has 3 aromatic rings. The minimum absolute atomic E-state index is 0.650. The lowest BCUT2D eigenvalue weighted by Crippen LogP contribution is -2.37. The van der Waals surface area contributed by atoms with Gasteiger partial charge in [0.05, 0.1) is 19.0 Å². The summed E-state index contributed by atoms with van der Waals surface area (Å²) in [5, 5.41) is 1.00. The summed E-state index contributed by atoms with van der Waals surface area (Å²) in [7, 11) is 0. The number of ether oxygens (including phenoxy) is 1. The van der Waals surface area contributed by atoms with Crippen molar-refractivity contribution in [1.82, 2.24) is 9.97 Å². The lowest BCUT2D eigenvalue weighted by Gasteiger charge is -2.28. The van der Waals surface area contributed by atoms with Gasteiger partial charge in [-0.2, -0.15) is 0 Å². The maximum Gasteiger partial charge on any atom is 0.196 e. The average Bonchev–Trinajstić information content (AvgIpc) is 3.07. The third-order valence-electron chi connectivity index (χ3n) is 4.84. The van der Waals surface area contributed by atoms with Gasteiger partial charge >= 0.3 is 0 Å². The molecule has 0 aliphatic carbocycles. The predicted molar refractivity (Wildman–Crippen MR) is 101 cm³/mol. The monoisotopic (exact) mass is 349 g/mol. The van der Waals surface area contributed by atoms with Gasteiger partial charge in [0.2, 0.25) is 0 Å². The highest BCUT2D eigenvalue weighted by atomic mass is 16.5. The summed E-state index contributed by atoms with van der Waals surface area (Å²) < 4.78 is 11.6. The first-order chi connectivity index (χ1) is 12.8. The summed E-state index contributed by atoms with van der Waals surface area (Å²) in [4.78, 5) is 16.1. The molecule has 2 aromatic heterocycles. The van der Waals surface area contributed by atoms with Gasteiger partial charge in [-0.25, -0.2) is 15.0 Å². The number of morpholine rings is 1. The first-order valence-corrected chi connectivity index (χ1v) is 8.83. The van der Waals surface area contributed by atoms with E-state index in [-0.39, 0.29) is 0 Å². The van der Waals surface area contributed by atoms with Crippen molar-refractivity contribution in [2.24, 2.45) is 10.7 Å². The second-order valence-electron chi connectivity index (χ2n) is 6.52. The standard InChI is InChI=1S/C19H19N5O2/c20-15-6-5-12(11-21-15)18-22-16-13-3-1-2-4-14(13)26-17(16)19(23-18)24-7-9-25-10-8-24/h1-4,11H,5-10H2,(H2,20,21). The number of nitrogens with two attached hydrogens (primary N) is 1. The van der Waals surface area contributed by atoms with Gasteiger partial charge in [0.15, 0.2) is 17.2 Å². The highest BCUT2D eigenvalue weighted by molar-refractivity contribution is 6.06. The molecule has 0 unspecified atom stereocenters. The molecule has 2 aliphatic heterocycles. The Labute approximate surface area is 150 Å². The van der Waals surface area contributed by atoms with Gasteiger partial charge in [0.25, 0.3) is 0 Å². The number of para-hydroxylation sites is 1. The van der Waals surface area contributed by atoms with Crippen LogP contribution >= 0.6 is 0 Å². The number of anilines is 1. The molecule has 5 rings (SSSR count). The predicted octanol–water partition coefficient (Wildman–Crippen LogP) is 2.70. The van der Waals surface area contributed by atoms with E-state index < -0.39 is 0 Å². The van der Waals surface area contributed by atoms with E-state index >= 15 is 0 Å². The van der Waals surface area contributed by atoms with Crippen LogP contribution in [0.4, 0.5) is 5.82 Å². The Hall–Kier alpha value is -2.93. The van der Waals surface area contributed by atoms with Gasteiger partial charge in [-0.1, -0.05) is 12.1 Å². The van der Waals surface area contributed by atoms with Crippen molar-refractivity contribution in [2.45, 2.75) is 12.8 Å². The smallest absolute Gasteiger partial charge is 0.196 e. The van der Waals surface area contributed by atoms with E-state index in [0.717, 1.165) is 59.4 Å². The van der Waals surface area contributed by atoms with Crippen LogP contribution in [0.2, 0.25) is 0 Å². The minimum atomic E-state index is 0.650. The topological polar surface area (TPSA) is 89.8 Å². The van der Waals surface area contributed by atoms with E-state index in [1.807, 2.05) is 24.3 Å². The molecule has 0 spiro atoms. The summed E-state index contributed by atoms with van der Waals surface area (Å²) in [6, 6.07) is 7.96. The maximum absolute atomic E-state index is 6.12. The number of hydrogen-bond acceptors (Lipinski definition) is 7. The van der Waals surface area contributed by atoms with Crippen LogP contribution in [-0.4, -0.2) is 42.1 Å². The number of benzene rings is 1. The molecule has 7 nitrogen and oxygen atoms in total. The zero-order valence-corrected chi connectivity index (χ0v) is 14.3. The number of aliphatic imine (C=N–C) groups is 1. The van der Waals surface area contributed by atoms with Gasteiger partial charge < -0.3 is 19.8 Å². The summed E-state index contributed by atoms with van der Waals surface area (Å²) in [6.45, 7) is 2.94. The Balaban J connectivity index is 1.74. The summed E-state index contributed by atoms with van der Waals surface area (Å²) in [5.74, 6) is 2.17. The summed E-state index contributed by atoms with van der Waals surface area (Å²) in [6.07, 6.45) is 3.30. The van der Waals surface area contributed by atoms with Crippen molar-refractivity contribution >= 4 is 39.3 Å². The molecule has 2 N–H and O–H groups in total. The number of allylic oxidation sites excluding steroid dienone is 1. The second-order valence-corrected chi connectivity index (χ2v) is 6.52. The van der Waals surface area contributed by atoms with Crippen molar-refractivity contribution < 1.29 is 9.15 Å². The van der Waals surface area contributed by atoms with Crippen LogP contribution in [0.15, 0.2) is 39.9 Å². The molecule has 1 saturated heterocycles. The summed E-state index contributed by atoms with van der Waals surface area (Å²) in [5.41, 5.74) is 9.20. The Morgan fingerprint density at radius 3 is 2.69 bits per heavy atom. The highest BCUT2D eigenvalue weighted by Crippen LogP contribution is 2.35. The van der Waals surface area contributed by atoms with Gasteiger partial charge in [-0.3, -0.25) is 0 Å². The first-order valence-electron chi connectivity index (χ1n) is 8.83. The van der Waals surface area contributed by atoms with Crippen molar-refractivity contribution in [2.75, 3.05) is 31.2 Å². The van der Waals surface area contributed by atoms with E-state index in [2.05, 4.69) is 9.89 Å². The summed E-state index contributed by atoms with van der Waals surface area (Å²) >= 11 is 0. The van der Waals surface area contributed by atoms with Crippen LogP contribution in [0.3, 0.4) is 0 Å². The SMILES string of the molecule is NC1=NC=C(c2nc(N3CCOCC3)c3oc4ccccc4c3n2)CC1. The molecule has 1 fully saturated rings. The molecule has 132 valence electrons. The van der Waals surface area contributed by atoms with Gasteiger partial charge in [-0.15, -0.1) is 0 Å². The van der Waals surface area contributed by atoms with Crippen molar-refractivity contribution in [1.29, 1.82) is 0 Å². The highest BCUT2D eigenvalue weighted by Gasteiger charge is 2.23. The number of nitrogens with zero attached hydrogens (tertiary/aromatic N) is 4. The van der Waals surface area contributed by atoms with Crippen LogP contribution in [0.25, 0.3) is 27.6 Å². The average molecular weight is 349 g/mol. The van der Waals surface area contributed by atoms with E-state index in [1.165, 1.54) is 0 Å². The van der Waals surface area contributed by atoms with E-state index in [4.69, 9.17) is 24.9 Å². The minimum Gasteiger partial charge on any atom is -0.450 e. The fraction of sp³-hybridized carbons (Fsp3) is 0.316. The van der Waals surface area contributed by atoms with Gasteiger partial charge in [-0.05, 0) is 18.6 Å². The van der Waals surface area contributed by atoms with Gasteiger partial charge in [0, 0.05) is 36.7 Å². The van der Waals surface area contributed by atoms with Crippen molar-refractivity contribution in [3.05, 3.63) is 36.3 Å². The van der Waals surface area contributed by atoms with E-state index in [9.17, 15) is 0 Å². The molecule has 7 heteroatoms. The molecule has 2 aliphatic rings. The number of furan rings is 1. The van der Waals surface area contributed by atoms with Gasteiger partial charge in [0.1, 0.15) is 11.1 Å². The van der Waals surface area contributed by atoms with Crippen molar-refractivity contribution in [3.63, 3.8) is 0 Å².